The molecule has 2 aromatic rings. The SMILES string of the molecule is NCC([O-])=NCC([O-])=N[C@@H](Cc1cnc[nH]1)C(=O)NCCCC[C@H](N[C@@H](CCc1ccccc1)C(=O)O)C(=O)N1CCC[C@H]1C(=O)O.[Cu+2]. The van der Waals surface area contributed by atoms with Crippen LogP contribution in [0.4, 0.5) is 0 Å². The van der Waals surface area contributed by atoms with Gasteiger partial charge in [0.25, 0.3) is 0 Å². The Bertz CT molecular complexity index is 1380. The van der Waals surface area contributed by atoms with Crippen LogP contribution in [0.3, 0.4) is 0 Å². The molecule has 0 spiro atoms. The van der Waals surface area contributed by atoms with Crippen molar-refractivity contribution in [2.75, 3.05) is 26.2 Å². The zero-order valence-corrected chi connectivity index (χ0v) is 27.3. The molecular formula is C31H42CuN8O8. The van der Waals surface area contributed by atoms with Gasteiger partial charge in [0.2, 0.25) is 11.8 Å². The van der Waals surface area contributed by atoms with Gasteiger partial charge in [0, 0.05) is 37.9 Å². The van der Waals surface area contributed by atoms with Crippen molar-refractivity contribution in [3.05, 3.63) is 54.1 Å². The van der Waals surface area contributed by atoms with Crippen LogP contribution in [0.25, 0.3) is 0 Å². The van der Waals surface area contributed by atoms with Gasteiger partial charge in [0.15, 0.2) is 0 Å². The number of amides is 2. The Morgan fingerprint density at radius 1 is 1.08 bits per heavy atom. The van der Waals surface area contributed by atoms with Gasteiger partial charge in [-0.05, 0) is 62.3 Å². The van der Waals surface area contributed by atoms with Gasteiger partial charge in [-0.3, -0.25) is 29.7 Å². The third-order valence-corrected chi connectivity index (χ3v) is 7.74. The van der Waals surface area contributed by atoms with E-state index >= 15 is 0 Å². The van der Waals surface area contributed by atoms with Gasteiger partial charge in [-0.1, -0.05) is 30.3 Å². The van der Waals surface area contributed by atoms with Crippen LogP contribution in [-0.4, -0.2) is 111 Å². The molecule has 7 N–H and O–H groups in total. The van der Waals surface area contributed by atoms with Crippen LogP contribution in [0.5, 0.6) is 0 Å². The second kappa shape index (κ2) is 20.8. The predicted molar refractivity (Wildman–Crippen MR) is 167 cm³/mol. The first-order valence-electron chi connectivity index (χ1n) is 15.5. The van der Waals surface area contributed by atoms with Crippen molar-refractivity contribution in [1.29, 1.82) is 0 Å². The largest absolute Gasteiger partial charge is 2.00 e. The number of hydrogen-bond acceptors (Lipinski definition) is 11. The Balaban J connectivity index is 0.00000800. The standard InChI is InChI=1S/C31H44N8O8.Cu/c32-16-26(40)35-18-27(41)38-24(15-21-17-33-19-36-21)28(42)34-13-5-4-9-22(29(43)39-14-6-10-25(39)31(46)47)37-23(30(44)45)12-11-20-7-2-1-3-8-20;/h1-3,7-8,17,19,22-25,37H,4-6,9-16,18,32H2,(H,33,36)(H,34,42)(H,35,40)(H,38,41)(H,44,45)(H,46,47);/q;+2/p-2/t22-,23-,24-,25-;/m0./s1. The number of aromatic nitrogens is 2. The Kier molecular flexibility index (Phi) is 17.3. The number of aryl methyl sites for hydroxylation is 1. The van der Waals surface area contributed by atoms with E-state index in [4.69, 9.17) is 5.73 Å². The topological polar surface area (TPSA) is 262 Å². The maximum absolute atomic E-state index is 13.6. The van der Waals surface area contributed by atoms with Crippen molar-refractivity contribution >= 4 is 35.5 Å². The first kappa shape index (κ1) is 39.9. The molecule has 0 saturated carbocycles. The zero-order valence-electron chi connectivity index (χ0n) is 26.3. The summed E-state index contributed by atoms with van der Waals surface area (Å²) in [4.78, 5) is 66.0. The van der Waals surface area contributed by atoms with Crippen molar-refractivity contribution in [2.45, 2.75) is 75.5 Å². The van der Waals surface area contributed by atoms with E-state index in [1.807, 2.05) is 30.3 Å². The number of carbonyl (C=O) groups is 4. The maximum Gasteiger partial charge on any atom is 2.00 e. The number of aliphatic imine (C=N–C) groups is 2. The van der Waals surface area contributed by atoms with Gasteiger partial charge in [-0.15, -0.1) is 0 Å². The van der Waals surface area contributed by atoms with Crippen LogP contribution < -0.4 is 26.6 Å². The molecule has 1 aliphatic heterocycles. The molecule has 1 fully saturated rings. The molecule has 2 amide bonds. The molecule has 1 aromatic carbocycles. The molecule has 0 bridgehead atoms. The van der Waals surface area contributed by atoms with E-state index in [-0.39, 0.29) is 56.0 Å². The normalized spacial score (nSPS) is 16.9. The van der Waals surface area contributed by atoms with E-state index in [1.54, 1.807) is 0 Å². The van der Waals surface area contributed by atoms with Gasteiger partial charge in [0.1, 0.15) is 18.1 Å². The molecule has 0 unspecified atom stereocenters. The third kappa shape index (κ3) is 13.1. The van der Waals surface area contributed by atoms with E-state index in [9.17, 15) is 39.6 Å². The molecular weight excluding hydrogens is 676 g/mol. The fourth-order valence-electron chi connectivity index (χ4n) is 5.28. The molecule has 3 rings (SSSR count). The summed E-state index contributed by atoms with van der Waals surface area (Å²) in [7, 11) is 0. The number of rotatable bonds is 20. The second-order valence-corrected chi connectivity index (χ2v) is 11.2. The van der Waals surface area contributed by atoms with Crippen molar-refractivity contribution in [1.82, 2.24) is 25.5 Å². The van der Waals surface area contributed by atoms with Gasteiger partial charge >= 0.3 is 29.0 Å². The van der Waals surface area contributed by atoms with Crippen LogP contribution in [0.15, 0.2) is 52.8 Å². The molecule has 48 heavy (non-hydrogen) atoms. The molecule has 2 heterocycles. The molecule has 17 heteroatoms. The summed E-state index contributed by atoms with van der Waals surface area (Å²) in [6.45, 7) is -0.458. The number of likely N-dealkylation sites (tertiary alicyclic amines) is 1. The summed E-state index contributed by atoms with van der Waals surface area (Å²) in [6.07, 6.45) is 5.47. The number of nitrogens with two attached hydrogens (primary N) is 1. The summed E-state index contributed by atoms with van der Waals surface area (Å²) in [5.74, 6) is -4.67. The first-order chi connectivity index (χ1) is 22.6. The van der Waals surface area contributed by atoms with Crippen molar-refractivity contribution in [2.24, 2.45) is 15.7 Å². The number of nitrogens with one attached hydrogen (secondary N) is 3. The quantitative estimate of drug-likeness (QED) is 0.0385. The molecule has 0 aliphatic carbocycles. The molecule has 1 saturated heterocycles. The van der Waals surface area contributed by atoms with Crippen LogP contribution in [-0.2, 0) is 49.1 Å². The smallest absolute Gasteiger partial charge is 0.861 e. The second-order valence-electron chi connectivity index (χ2n) is 11.2. The number of imidazole rings is 1. The van der Waals surface area contributed by atoms with Crippen LogP contribution in [0, 0.1) is 0 Å². The summed E-state index contributed by atoms with van der Waals surface area (Å²) in [5, 5.41) is 48.9. The first-order valence-corrected chi connectivity index (χ1v) is 15.5. The van der Waals surface area contributed by atoms with Crippen LogP contribution in [0.1, 0.15) is 49.8 Å². The van der Waals surface area contributed by atoms with Gasteiger partial charge in [-0.25, -0.2) is 9.78 Å². The summed E-state index contributed by atoms with van der Waals surface area (Å²) in [5.41, 5.74) is 6.71. The summed E-state index contributed by atoms with van der Waals surface area (Å²) in [6, 6.07) is 5.25. The zero-order chi connectivity index (χ0) is 34.2. The fourth-order valence-corrected chi connectivity index (χ4v) is 5.28. The minimum absolute atomic E-state index is 0. The Morgan fingerprint density at radius 2 is 1.83 bits per heavy atom. The van der Waals surface area contributed by atoms with E-state index in [0.29, 0.717) is 37.8 Å². The Labute approximate surface area is 288 Å². The van der Waals surface area contributed by atoms with Crippen LogP contribution in [0.2, 0.25) is 0 Å². The minimum Gasteiger partial charge on any atom is -0.861 e. The molecule has 1 radical (unpaired) electrons. The number of aromatic amines is 1. The van der Waals surface area contributed by atoms with Gasteiger partial charge in [-0.2, -0.15) is 0 Å². The number of carbonyl (C=O) groups excluding carboxylic acids is 2. The van der Waals surface area contributed by atoms with E-state index in [2.05, 4.69) is 30.6 Å². The van der Waals surface area contributed by atoms with Crippen molar-refractivity contribution in [3.63, 3.8) is 0 Å². The number of benzene rings is 1. The number of unbranched alkanes of at least 4 members (excludes halogenated alkanes) is 1. The minimum atomic E-state index is -1.12. The van der Waals surface area contributed by atoms with Gasteiger partial charge in [0.05, 0.1) is 18.9 Å². The average molecular weight is 718 g/mol. The molecule has 265 valence electrons. The number of nitrogens with zero attached hydrogens (tertiary/aromatic N) is 4. The summed E-state index contributed by atoms with van der Waals surface area (Å²) >= 11 is 0. The number of aliphatic carboxylic acids is 2. The molecule has 4 atom stereocenters. The number of carboxylic acids is 2. The molecule has 1 aromatic heterocycles. The Morgan fingerprint density at radius 3 is 2.48 bits per heavy atom. The average Bonchev–Trinajstić information content (AvgIpc) is 3.77. The van der Waals surface area contributed by atoms with E-state index in [0.717, 1.165) is 5.56 Å². The van der Waals surface area contributed by atoms with Gasteiger partial charge < -0.3 is 41.4 Å². The van der Waals surface area contributed by atoms with E-state index < -0.39 is 66.3 Å². The van der Waals surface area contributed by atoms with E-state index in [1.165, 1.54) is 17.4 Å². The number of carboxylic acid groups (broad SMARTS) is 2. The van der Waals surface area contributed by atoms with Crippen LogP contribution >= 0.6 is 0 Å². The number of H-pyrrole nitrogens is 1. The maximum atomic E-state index is 13.6. The Hall–Kier alpha value is -4.31. The molecule has 16 nitrogen and oxygen atoms in total. The third-order valence-electron chi connectivity index (χ3n) is 7.74. The van der Waals surface area contributed by atoms with Crippen molar-refractivity contribution < 1.29 is 56.7 Å². The summed E-state index contributed by atoms with van der Waals surface area (Å²) < 4.78 is 0. The van der Waals surface area contributed by atoms with Crippen molar-refractivity contribution in [3.8, 4) is 0 Å². The molecule has 1 aliphatic rings. The fraction of sp³-hybridized carbons (Fsp3) is 0.516. The number of hydrogen-bond donors (Lipinski definition) is 6. The monoisotopic (exact) mass is 717 g/mol. The predicted octanol–water partition coefficient (Wildman–Crippen LogP) is -1.80.